The Morgan fingerprint density at radius 3 is 2.62 bits per heavy atom. The van der Waals surface area contributed by atoms with E-state index < -0.39 is 30.0 Å². The number of ether oxygens (including phenoxy) is 2. The first kappa shape index (κ1) is 19.2. The number of carbonyl (C=O) groups excluding carboxylic acids is 2. The molecule has 0 saturated heterocycles. The maximum Gasteiger partial charge on any atom is 0.344 e. The van der Waals surface area contributed by atoms with Crippen molar-refractivity contribution < 1.29 is 24.0 Å². The molecule has 1 N–H and O–H groups in total. The first-order valence-corrected chi connectivity index (χ1v) is 7.86. The van der Waals surface area contributed by atoms with Gasteiger partial charge in [0.1, 0.15) is 0 Å². The molecular formula is C17H15ClN2O6. The van der Waals surface area contributed by atoms with Gasteiger partial charge in [-0.05, 0) is 23.8 Å². The van der Waals surface area contributed by atoms with E-state index in [0.29, 0.717) is 5.02 Å². The molecule has 26 heavy (non-hydrogen) atoms. The lowest BCUT2D eigenvalue weighted by Crippen LogP contribution is -2.29. The summed E-state index contributed by atoms with van der Waals surface area (Å²) in [6, 6.07) is 12.6. The van der Waals surface area contributed by atoms with Gasteiger partial charge in [-0.25, -0.2) is 4.79 Å². The van der Waals surface area contributed by atoms with Crippen LogP contribution < -0.4 is 10.1 Å². The van der Waals surface area contributed by atoms with Crippen molar-refractivity contribution in [2.75, 3.05) is 13.2 Å². The average Bonchev–Trinajstić information content (AvgIpc) is 2.63. The molecule has 2 rings (SSSR count). The molecule has 0 aliphatic heterocycles. The second-order valence-electron chi connectivity index (χ2n) is 5.08. The number of nitro benzene ring substituents is 1. The second-order valence-corrected chi connectivity index (χ2v) is 5.52. The number of halogens is 1. The minimum Gasteiger partial charge on any atom is -0.475 e. The SMILES string of the molecule is O=C(COC(=O)COc1ccccc1[N+](=O)[O-])NCc1cccc(Cl)c1. The summed E-state index contributed by atoms with van der Waals surface area (Å²) in [4.78, 5) is 33.5. The van der Waals surface area contributed by atoms with E-state index in [1.807, 2.05) is 0 Å². The fraction of sp³-hybridized carbons (Fsp3) is 0.176. The molecule has 0 fully saturated rings. The van der Waals surface area contributed by atoms with Crippen LogP contribution in [0, 0.1) is 10.1 Å². The van der Waals surface area contributed by atoms with Gasteiger partial charge in [-0.15, -0.1) is 0 Å². The highest BCUT2D eigenvalue weighted by Gasteiger charge is 2.15. The molecule has 0 atom stereocenters. The Bertz CT molecular complexity index is 811. The van der Waals surface area contributed by atoms with Crippen molar-refractivity contribution in [3.63, 3.8) is 0 Å². The van der Waals surface area contributed by atoms with Crippen molar-refractivity contribution >= 4 is 29.2 Å². The molecule has 0 heterocycles. The van der Waals surface area contributed by atoms with Gasteiger partial charge in [0.2, 0.25) is 0 Å². The molecule has 0 unspecified atom stereocenters. The molecule has 0 bridgehead atoms. The van der Waals surface area contributed by atoms with Gasteiger partial charge in [0.25, 0.3) is 5.91 Å². The fourth-order valence-corrected chi connectivity index (χ4v) is 2.17. The zero-order valence-corrected chi connectivity index (χ0v) is 14.3. The van der Waals surface area contributed by atoms with Crippen LogP contribution in [0.1, 0.15) is 5.56 Å². The Morgan fingerprint density at radius 2 is 1.88 bits per heavy atom. The number of nitrogens with one attached hydrogen (secondary N) is 1. The lowest BCUT2D eigenvalue weighted by atomic mass is 10.2. The standard InChI is InChI=1S/C17H15ClN2O6/c18-13-5-3-4-12(8-13)9-19-16(21)10-26-17(22)11-25-15-7-2-1-6-14(15)20(23)24/h1-8H,9-11H2,(H,19,21). The first-order valence-electron chi connectivity index (χ1n) is 7.48. The Kier molecular flexibility index (Phi) is 6.92. The summed E-state index contributed by atoms with van der Waals surface area (Å²) in [5, 5.41) is 14.0. The minimum absolute atomic E-state index is 0.0557. The number of benzene rings is 2. The van der Waals surface area contributed by atoms with Crippen molar-refractivity contribution in [3.05, 3.63) is 69.2 Å². The molecule has 2 aromatic rings. The number of hydrogen-bond donors (Lipinski definition) is 1. The lowest BCUT2D eigenvalue weighted by Gasteiger charge is -2.08. The van der Waals surface area contributed by atoms with Crippen LogP contribution in [0.2, 0.25) is 5.02 Å². The molecule has 2 aromatic carbocycles. The molecule has 1 amide bonds. The summed E-state index contributed by atoms with van der Waals surface area (Å²) >= 11 is 5.84. The summed E-state index contributed by atoms with van der Waals surface area (Å²) in [6.45, 7) is -0.796. The van der Waals surface area contributed by atoms with Gasteiger partial charge in [-0.3, -0.25) is 14.9 Å². The third-order valence-corrected chi connectivity index (χ3v) is 3.39. The van der Waals surface area contributed by atoms with E-state index in [0.717, 1.165) is 5.56 Å². The van der Waals surface area contributed by atoms with E-state index in [4.69, 9.17) is 21.1 Å². The number of amides is 1. The molecule has 136 valence electrons. The van der Waals surface area contributed by atoms with Crippen molar-refractivity contribution in [3.8, 4) is 5.75 Å². The zero-order chi connectivity index (χ0) is 18.9. The number of esters is 1. The van der Waals surface area contributed by atoms with Crippen molar-refractivity contribution in [2.24, 2.45) is 0 Å². The van der Waals surface area contributed by atoms with Gasteiger partial charge in [-0.2, -0.15) is 0 Å². The Labute approximate surface area is 153 Å². The third-order valence-electron chi connectivity index (χ3n) is 3.15. The van der Waals surface area contributed by atoms with E-state index in [1.54, 1.807) is 24.3 Å². The largest absolute Gasteiger partial charge is 0.475 e. The maximum atomic E-state index is 11.7. The van der Waals surface area contributed by atoms with Gasteiger partial charge in [0.05, 0.1) is 4.92 Å². The molecular weight excluding hydrogens is 364 g/mol. The number of nitro groups is 1. The smallest absolute Gasteiger partial charge is 0.344 e. The first-order chi connectivity index (χ1) is 12.5. The highest BCUT2D eigenvalue weighted by Crippen LogP contribution is 2.25. The normalized spacial score (nSPS) is 10.0. The number of hydrogen-bond acceptors (Lipinski definition) is 6. The van der Waals surface area contributed by atoms with Crippen LogP contribution in [0.25, 0.3) is 0 Å². The molecule has 0 saturated carbocycles. The van der Waals surface area contributed by atoms with Crippen LogP contribution in [0.3, 0.4) is 0 Å². The predicted molar refractivity (Wildman–Crippen MR) is 92.8 cm³/mol. The quantitative estimate of drug-likeness (QED) is 0.429. The van der Waals surface area contributed by atoms with E-state index in [1.165, 1.54) is 24.3 Å². The van der Waals surface area contributed by atoms with Crippen LogP contribution in [-0.2, 0) is 20.9 Å². The van der Waals surface area contributed by atoms with Gasteiger partial charge in [-0.1, -0.05) is 35.9 Å². The molecule has 0 spiro atoms. The minimum atomic E-state index is -0.818. The van der Waals surface area contributed by atoms with Gasteiger partial charge < -0.3 is 14.8 Å². The highest BCUT2D eigenvalue weighted by atomic mass is 35.5. The van der Waals surface area contributed by atoms with E-state index in [2.05, 4.69) is 5.32 Å². The maximum absolute atomic E-state index is 11.7. The molecule has 0 radical (unpaired) electrons. The summed E-state index contributed by atoms with van der Waals surface area (Å²) in [5.41, 5.74) is 0.538. The van der Waals surface area contributed by atoms with Crippen molar-refractivity contribution in [1.29, 1.82) is 0 Å². The molecule has 0 aliphatic rings. The van der Waals surface area contributed by atoms with Crippen molar-refractivity contribution in [2.45, 2.75) is 6.54 Å². The monoisotopic (exact) mass is 378 g/mol. The van der Waals surface area contributed by atoms with E-state index in [-0.39, 0.29) is 18.0 Å². The van der Waals surface area contributed by atoms with Crippen molar-refractivity contribution in [1.82, 2.24) is 5.32 Å². The fourth-order valence-electron chi connectivity index (χ4n) is 1.95. The van der Waals surface area contributed by atoms with E-state index >= 15 is 0 Å². The third kappa shape index (κ3) is 6.06. The van der Waals surface area contributed by atoms with Gasteiger partial charge >= 0.3 is 11.7 Å². The van der Waals surface area contributed by atoms with Crippen LogP contribution >= 0.6 is 11.6 Å². The molecule has 8 nitrogen and oxygen atoms in total. The Balaban J connectivity index is 1.73. The summed E-state index contributed by atoms with van der Waals surface area (Å²) in [5.74, 6) is -1.37. The van der Waals surface area contributed by atoms with Crippen LogP contribution in [0.15, 0.2) is 48.5 Å². The zero-order valence-electron chi connectivity index (χ0n) is 13.5. The number of rotatable bonds is 8. The average molecular weight is 379 g/mol. The molecule has 9 heteroatoms. The van der Waals surface area contributed by atoms with Gasteiger partial charge in [0.15, 0.2) is 19.0 Å². The summed E-state index contributed by atoms with van der Waals surface area (Å²) in [6.07, 6.45) is 0. The predicted octanol–water partition coefficient (Wildman–Crippen LogP) is 2.49. The topological polar surface area (TPSA) is 108 Å². The van der Waals surface area contributed by atoms with Crippen LogP contribution in [-0.4, -0.2) is 30.0 Å². The number of nitrogens with zero attached hydrogens (tertiary/aromatic N) is 1. The van der Waals surface area contributed by atoms with Crippen LogP contribution in [0.4, 0.5) is 5.69 Å². The number of carbonyl (C=O) groups is 2. The highest BCUT2D eigenvalue weighted by molar-refractivity contribution is 6.30. The Morgan fingerprint density at radius 1 is 1.12 bits per heavy atom. The summed E-state index contributed by atoms with van der Waals surface area (Å²) < 4.78 is 9.84. The summed E-state index contributed by atoms with van der Waals surface area (Å²) in [7, 11) is 0. The number of para-hydroxylation sites is 2. The second kappa shape index (κ2) is 9.38. The van der Waals surface area contributed by atoms with Gasteiger partial charge in [0, 0.05) is 17.6 Å². The van der Waals surface area contributed by atoms with Crippen LogP contribution in [0.5, 0.6) is 5.75 Å². The Hall–Kier alpha value is -3.13. The van der Waals surface area contributed by atoms with E-state index in [9.17, 15) is 19.7 Å². The lowest BCUT2D eigenvalue weighted by molar-refractivity contribution is -0.385. The molecule has 0 aromatic heterocycles. The molecule has 0 aliphatic carbocycles.